The van der Waals surface area contributed by atoms with Crippen LogP contribution in [-0.4, -0.2) is 0 Å². The van der Waals surface area contributed by atoms with Crippen molar-refractivity contribution in [2.75, 3.05) is 0 Å². The molecule has 0 aliphatic heterocycles. The fourth-order valence-corrected chi connectivity index (χ4v) is 3.69. The Bertz CT molecular complexity index is 529. The van der Waals surface area contributed by atoms with Crippen molar-refractivity contribution in [2.45, 2.75) is 19.9 Å². The van der Waals surface area contributed by atoms with Crippen molar-refractivity contribution < 1.29 is 0 Å². The molecular weight excluding hydrogens is 362 g/mol. The fourth-order valence-electron chi connectivity index (χ4n) is 1.73. The Labute approximate surface area is 122 Å². The lowest BCUT2D eigenvalue weighted by Crippen LogP contribution is -2.11. The minimum atomic E-state index is -0.0532. The highest BCUT2D eigenvalue weighted by Crippen LogP contribution is 2.34. The molecular formula is C13H13Br2NS. The molecule has 2 N–H and O–H groups in total. The normalized spacial score (nSPS) is 12.8. The third-order valence-electron chi connectivity index (χ3n) is 2.76. The van der Waals surface area contributed by atoms with Crippen LogP contribution in [0.2, 0.25) is 0 Å². The maximum Gasteiger partial charge on any atom is 0.0649 e. The Balaban J connectivity index is 2.42. The predicted molar refractivity (Wildman–Crippen MR) is 81.7 cm³/mol. The molecule has 0 saturated carbocycles. The third-order valence-corrected chi connectivity index (χ3v) is 5.47. The molecule has 0 radical (unpaired) electrons. The van der Waals surface area contributed by atoms with E-state index in [4.69, 9.17) is 5.73 Å². The molecule has 0 spiro atoms. The second kappa shape index (κ2) is 5.22. The van der Waals surface area contributed by atoms with Gasteiger partial charge in [-0.2, -0.15) is 0 Å². The first-order chi connectivity index (χ1) is 7.99. The molecule has 1 heterocycles. The van der Waals surface area contributed by atoms with E-state index in [1.54, 1.807) is 11.3 Å². The average molecular weight is 375 g/mol. The van der Waals surface area contributed by atoms with Crippen LogP contribution in [0.25, 0.3) is 0 Å². The SMILES string of the molecule is Cc1ccc(Br)cc1C(N)c1cc(Br)c(C)s1. The van der Waals surface area contributed by atoms with Crippen LogP contribution in [0.1, 0.15) is 26.9 Å². The molecule has 17 heavy (non-hydrogen) atoms. The second-order valence-electron chi connectivity index (χ2n) is 4.03. The zero-order chi connectivity index (χ0) is 12.6. The Hall–Kier alpha value is -0.160. The van der Waals surface area contributed by atoms with Gasteiger partial charge in [0.2, 0.25) is 0 Å². The Morgan fingerprint density at radius 1 is 1.18 bits per heavy atom. The van der Waals surface area contributed by atoms with E-state index in [0.29, 0.717) is 0 Å². The van der Waals surface area contributed by atoms with E-state index in [1.165, 1.54) is 20.9 Å². The van der Waals surface area contributed by atoms with Crippen molar-refractivity contribution >= 4 is 43.2 Å². The van der Waals surface area contributed by atoms with E-state index in [-0.39, 0.29) is 6.04 Å². The minimum absolute atomic E-state index is 0.0532. The molecule has 1 atom stereocenters. The smallest absolute Gasteiger partial charge is 0.0649 e. The summed E-state index contributed by atoms with van der Waals surface area (Å²) in [6, 6.07) is 8.30. The Kier molecular flexibility index (Phi) is 4.08. The monoisotopic (exact) mass is 373 g/mol. The van der Waals surface area contributed by atoms with Gasteiger partial charge in [-0.25, -0.2) is 0 Å². The summed E-state index contributed by atoms with van der Waals surface area (Å²) < 4.78 is 2.21. The zero-order valence-corrected chi connectivity index (χ0v) is 13.6. The summed E-state index contributed by atoms with van der Waals surface area (Å²) in [7, 11) is 0. The molecule has 0 saturated heterocycles. The zero-order valence-electron chi connectivity index (χ0n) is 9.63. The van der Waals surface area contributed by atoms with Gasteiger partial charge in [0.25, 0.3) is 0 Å². The number of rotatable bonds is 2. The van der Waals surface area contributed by atoms with Crippen molar-refractivity contribution in [3.8, 4) is 0 Å². The van der Waals surface area contributed by atoms with Gasteiger partial charge >= 0.3 is 0 Å². The molecule has 90 valence electrons. The van der Waals surface area contributed by atoms with E-state index >= 15 is 0 Å². The number of aryl methyl sites for hydroxylation is 2. The molecule has 0 aliphatic carbocycles. The van der Waals surface area contributed by atoms with Crippen molar-refractivity contribution in [3.63, 3.8) is 0 Å². The first kappa shape index (κ1) is 13.3. The molecule has 0 fully saturated rings. The quantitative estimate of drug-likeness (QED) is 0.791. The van der Waals surface area contributed by atoms with Crippen LogP contribution >= 0.6 is 43.2 Å². The predicted octanol–water partition coefficient (Wildman–Crippen LogP) is 4.94. The van der Waals surface area contributed by atoms with Crippen LogP contribution in [-0.2, 0) is 0 Å². The summed E-state index contributed by atoms with van der Waals surface area (Å²) in [5.74, 6) is 0. The van der Waals surface area contributed by atoms with Gasteiger partial charge in [-0.1, -0.05) is 22.0 Å². The van der Waals surface area contributed by atoms with E-state index in [2.05, 4.69) is 63.9 Å². The van der Waals surface area contributed by atoms with Crippen LogP contribution in [0, 0.1) is 13.8 Å². The highest BCUT2D eigenvalue weighted by atomic mass is 79.9. The molecule has 0 bridgehead atoms. The van der Waals surface area contributed by atoms with Gasteiger partial charge in [0.1, 0.15) is 0 Å². The molecule has 0 amide bonds. The summed E-state index contributed by atoms with van der Waals surface area (Å²) in [5, 5.41) is 0. The van der Waals surface area contributed by atoms with E-state index in [0.717, 1.165) is 8.95 Å². The van der Waals surface area contributed by atoms with Crippen molar-refractivity contribution in [2.24, 2.45) is 5.73 Å². The summed E-state index contributed by atoms with van der Waals surface area (Å²) in [5.41, 5.74) is 8.74. The summed E-state index contributed by atoms with van der Waals surface area (Å²) >= 11 is 8.78. The minimum Gasteiger partial charge on any atom is -0.320 e. The number of nitrogens with two attached hydrogens (primary N) is 1. The molecule has 1 aromatic carbocycles. The van der Waals surface area contributed by atoms with Gasteiger partial charge in [0.15, 0.2) is 0 Å². The topological polar surface area (TPSA) is 26.0 Å². The van der Waals surface area contributed by atoms with E-state index in [1.807, 2.05) is 6.07 Å². The van der Waals surface area contributed by atoms with Crippen LogP contribution in [0.4, 0.5) is 0 Å². The molecule has 0 aliphatic rings. The lowest BCUT2D eigenvalue weighted by molar-refractivity contribution is 0.881. The van der Waals surface area contributed by atoms with Gasteiger partial charge in [-0.15, -0.1) is 11.3 Å². The maximum atomic E-state index is 6.34. The average Bonchev–Trinajstić information content (AvgIpc) is 2.62. The summed E-state index contributed by atoms with van der Waals surface area (Å²) in [4.78, 5) is 2.46. The first-order valence-electron chi connectivity index (χ1n) is 5.26. The number of thiophene rings is 1. The summed E-state index contributed by atoms with van der Waals surface area (Å²) in [6.45, 7) is 4.19. The lowest BCUT2D eigenvalue weighted by atomic mass is 10.0. The standard InChI is InChI=1S/C13H13Br2NS/c1-7-3-4-9(14)5-10(7)13(16)12-6-11(15)8(2)17-12/h3-6,13H,16H2,1-2H3. The molecule has 1 unspecified atom stereocenters. The number of hydrogen-bond acceptors (Lipinski definition) is 2. The van der Waals surface area contributed by atoms with Gasteiger partial charge < -0.3 is 5.73 Å². The Morgan fingerprint density at radius 2 is 1.88 bits per heavy atom. The van der Waals surface area contributed by atoms with Gasteiger partial charge in [0, 0.05) is 18.7 Å². The molecule has 2 rings (SSSR count). The summed E-state index contributed by atoms with van der Waals surface area (Å²) in [6.07, 6.45) is 0. The highest BCUT2D eigenvalue weighted by molar-refractivity contribution is 9.10. The number of benzene rings is 1. The van der Waals surface area contributed by atoms with E-state index < -0.39 is 0 Å². The maximum absolute atomic E-state index is 6.34. The lowest BCUT2D eigenvalue weighted by Gasteiger charge is -2.13. The molecule has 2 aromatic rings. The van der Waals surface area contributed by atoms with Crippen molar-refractivity contribution in [1.82, 2.24) is 0 Å². The number of halogens is 2. The highest BCUT2D eigenvalue weighted by Gasteiger charge is 2.15. The number of hydrogen-bond donors (Lipinski definition) is 1. The van der Waals surface area contributed by atoms with Crippen molar-refractivity contribution in [3.05, 3.63) is 54.1 Å². The second-order valence-corrected chi connectivity index (χ2v) is 7.09. The molecule has 1 aromatic heterocycles. The Morgan fingerprint density at radius 3 is 2.47 bits per heavy atom. The van der Waals surface area contributed by atoms with Crippen LogP contribution in [0.5, 0.6) is 0 Å². The third kappa shape index (κ3) is 2.81. The molecule has 1 nitrogen and oxygen atoms in total. The largest absolute Gasteiger partial charge is 0.320 e. The fraction of sp³-hybridized carbons (Fsp3) is 0.231. The van der Waals surface area contributed by atoms with Gasteiger partial charge in [-0.05, 0) is 59.1 Å². The van der Waals surface area contributed by atoms with Crippen molar-refractivity contribution in [1.29, 1.82) is 0 Å². The van der Waals surface area contributed by atoms with Gasteiger partial charge in [-0.3, -0.25) is 0 Å². The first-order valence-corrected chi connectivity index (χ1v) is 7.66. The van der Waals surface area contributed by atoms with Crippen LogP contribution in [0.15, 0.2) is 33.2 Å². The van der Waals surface area contributed by atoms with Crippen LogP contribution in [0.3, 0.4) is 0 Å². The molecule has 4 heteroatoms. The van der Waals surface area contributed by atoms with E-state index in [9.17, 15) is 0 Å². The van der Waals surface area contributed by atoms with Gasteiger partial charge in [0.05, 0.1) is 6.04 Å². The van der Waals surface area contributed by atoms with Crippen LogP contribution < -0.4 is 5.73 Å².